The Labute approximate surface area is 70.1 Å². The van der Waals surface area contributed by atoms with Crippen molar-refractivity contribution in [3.63, 3.8) is 0 Å². The molecule has 1 aromatic rings. The van der Waals surface area contributed by atoms with Crippen LogP contribution < -0.4 is 0 Å². The first kappa shape index (κ1) is 8.92. The predicted octanol–water partition coefficient (Wildman–Crippen LogP) is 0.513. The summed E-state index contributed by atoms with van der Waals surface area (Å²) < 4.78 is 29.4. The Morgan fingerprint density at radius 2 is 2.42 bits per heavy atom. The minimum absolute atomic E-state index is 0.256. The van der Waals surface area contributed by atoms with Crippen LogP contribution in [0.2, 0.25) is 0 Å². The summed E-state index contributed by atoms with van der Waals surface area (Å²) in [6.07, 6.45) is 0. The van der Waals surface area contributed by atoms with Crippen molar-refractivity contribution < 1.29 is 12.9 Å². The van der Waals surface area contributed by atoms with Gasteiger partial charge in [-0.15, -0.1) is 0 Å². The van der Waals surface area contributed by atoms with Crippen LogP contribution in [-0.2, 0) is 15.8 Å². The van der Waals surface area contributed by atoms with E-state index in [4.69, 9.17) is 0 Å². The zero-order valence-corrected chi connectivity index (χ0v) is 7.34. The number of hydrogen-bond acceptors (Lipinski definition) is 4. The van der Waals surface area contributed by atoms with Crippen molar-refractivity contribution in [2.24, 2.45) is 4.40 Å². The standard InChI is InChI=1S/C6H8N2O3S/c1-5-3-6(8-11-5)4-12(9,10)7-2/h3H,2,4H2,1H3. The van der Waals surface area contributed by atoms with Gasteiger partial charge < -0.3 is 4.52 Å². The van der Waals surface area contributed by atoms with Gasteiger partial charge in [-0.25, -0.2) is 8.42 Å². The maximum atomic E-state index is 10.9. The zero-order valence-electron chi connectivity index (χ0n) is 6.52. The number of hydrogen-bond donors (Lipinski definition) is 0. The molecular weight excluding hydrogens is 180 g/mol. The van der Waals surface area contributed by atoms with Crippen molar-refractivity contribution in [2.45, 2.75) is 12.7 Å². The summed E-state index contributed by atoms with van der Waals surface area (Å²) in [4.78, 5) is 0. The molecule has 1 rings (SSSR count). The SMILES string of the molecule is C=NS(=O)(=O)Cc1cc(C)on1. The third-order valence-electron chi connectivity index (χ3n) is 1.20. The van der Waals surface area contributed by atoms with Gasteiger partial charge in [0.2, 0.25) is 0 Å². The molecule has 0 aliphatic heterocycles. The molecule has 0 bridgehead atoms. The highest BCUT2D eigenvalue weighted by molar-refractivity contribution is 7.89. The lowest BCUT2D eigenvalue weighted by molar-refractivity contribution is 0.392. The lowest BCUT2D eigenvalue weighted by Gasteiger charge is -1.89. The van der Waals surface area contributed by atoms with Crippen LogP contribution >= 0.6 is 0 Å². The molecule has 1 heterocycles. The van der Waals surface area contributed by atoms with Gasteiger partial charge in [-0.3, -0.25) is 0 Å². The number of nitrogens with zero attached hydrogens (tertiary/aromatic N) is 2. The van der Waals surface area contributed by atoms with Gasteiger partial charge in [0.15, 0.2) is 0 Å². The molecule has 0 saturated carbocycles. The fourth-order valence-corrected chi connectivity index (χ4v) is 1.32. The van der Waals surface area contributed by atoms with E-state index < -0.39 is 10.0 Å². The summed E-state index contributed by atoms with van der Waals surface area (Å²) in [5.41, 5.74) is 0.347. The Kier molecular flexibility index (Phi) is 2.27. The van der Waals surface area contributed by atoms with E-state index in [9.17, 15) is 8.42 Å². The molecule has 0 atom stereocenters. The van der Waals surface area contributed by atoms with Crippen molar-refractivity contribution in [3.05, 3.63) is 17.5 Å². The molecule has 0 aromatic carbocycles. The molecule has 0 saturated heterocycles. The molecule has 66 valence electrons. The van der Waals surface area contributed by atoms with Crippen molar-refractivity contribution in [2.75, 3.05) is 0 Å². The second-order valence-electron chi connectivity index (χ2n) is 2.28. The van der Waals surface area contributed by atoms with E-state index in [2.05, 4.69) is 20.8 Å². The van der Waals surface area contributed by atoms with E-state index in [0.717, 1.165) is 0 Å². The van der Waals surface area contributed by atoms with Crippen LogP contribution in [0.15, 0.2) is 15.0 Å². The molecule has 0 N–H and O–H groups in total. The summed E-state index contributed by atoms with van der Waals surface area (Å²) in [5.74, 6) is 0.317. The highest BCUT2D eigenvalue weighted by atomic mass is 32.2. The highest BCUT2D eigenvalue weighted by Crippen LogP contribution is 2.06. The largest absolute Gasteiger partial charge is 0.361 e. The van der Waals surface area contributed by atoms with E-state index in [0.29, 0.717) is 11.5 Å². The van der Waals surface area contributed by atoms with E-state index in [1.54, 1.807) is 13.0 Å². The lowest BCUT2D eigenvalue weighted by Crippen LogP contribution is -1.99. The minimum atomic E-state index is -3.47. The first-order chi connectivity index (χ1) is 5.53. The Bertz CT molecular complexity index is 379. The molecule has 6 heteroatoms. The molecule has 0 fully saturated rings. The third kappa shape index (κ3) is 2.16. The second-order valence-corrected chi connectivity index (χ2v) is 3.99. The lowest BCUT2D eigenvalue weighted by atomic mass is 10.4. The van der Waals surface area contributed by atoms with Gasteiger partial charge in [-0.05, 0) is 6.92 Å². The molecule has 5 nitrogen and oxygen atoms in total. The number of rotatable bonds is 3. The molecule has 0 radical (unpaired) electrons. The summed E-state index contributed by atoms with van der Waals surface area (Å²) >= 11 is 0. The number of sulfonamides is 1. The number of aryl methyl sites for hydroxylation is 1. The third-order valence-corrected chi connectivity index (χ3v) is 2.26. The molecular formula is C6H8N2O3S. The van der Waals surface area contributed by atoms with Gasteiger partial charge in [-0.2, -0.15) is 4.40 Å². The van der Waals surface area contributed by atoms with Crippen LogP contribution in [0.4, 0.5) is 0 Å². The van der Waals surface area contributed by atoms with E-state index in [1.807, 2.05) is 0 Å². The van der Waals surface area contributed by atoms with E-state index in [-0.39, 0.29) is 5.75 Å². The fourth-order valence-electron chi connectivity index (χ4n) is 0.719. The topological polar surface area (TPSA) is 72.5 Å². The normalized spacial score (nSPS) is 11.4. The van der Waals surface area contributed by atoms with Crippen LogP contribution in [0, 0.1) is 6.92 Å². The van der Waals surface area contributed by atoms with Gasteiger partial charge in [0, 0.05) is 12.8 Å². The van der Waals surface area contributed by atoms with Gasteiger partial charge in [-0.1, -0.05) is 5.16 Å². The monoisotopic (exact) mass is 188 g/mol. The number of aromatic nitrogens is 1. The molecule has 12 heavy (non-hydrogen) atoms. The Morgan fingerprint density at radius 3 is 2.83 bits per heavy atom. The summed E-state index contributed by atoms with van der Waals surface area (Å²) in [6, 6.07) is 1.54. The Balaban J connectivity index is 2.84. The van der Waals surface area contributed by atoms with E-state index >= 15 is 0 Å². The first-order valence-corrected chi connectivity index (χ1v) is 4.77. The Hall–Kier alpha value is -1.17. The minimum Gasteiger partial charge on any atom is -0.361 e. The van der Waals surface area contributed by atoms with Gasteiger partial charge >= 0.3 is 0 Å². The van der Waals surface area contributed by atoms with Gasteiger partial charge in [0.1, 0.15) is 17.2 Å². The van der Waals surface area contributed by atoms with Crippen molar-refractivity contribution in [1.82, 2.24) is 5.16 Å². The molecule has 0 spiro atoms. The van der Waals surface area contributed by atoms with Crippen LogP contribution in [-0.4, -0.2) is 20.3 Å². The molecule has 0 aliphatic carbocycles. The van der Waals surface area contributed by atoms with Crippen molar-refractivity contribution in [3.8, 4) is 0 Å². The quantitative estimate of drug-likeness (QED) is 0.648. The molecule has 0 amide bonds. The van der Waals surface area contributed by atoms with Crippen LogP contribution in [0.25, 0.3) is 0 Å². The molecule has 1 aromatic heterocycles. The smallest absolute Gasteiger partial charge is 0.258 e. The summed E-state index contributed by atoms with van der Waals surface area (Å²) in [5, 5.41) is 3.51. The zero-order chi connectivity index (χ0) is 9.19. The van der Waals surface area contributed by atoms with Crippen molar-refractivity contribution >= 4 is 16.7 Å². The molecule has 0 unspecified atom stereocenters. The van der Waals surface area contributed by atoms with Gasteiger partial charge in [0.05, 0.1) is 0 Å². The van der Waals surface area contributed by atoms with Crippen molar-refractivity contribution in [1.29, 1.82) is 0 Å². The summed E-state index contributed by atoms with van der Waals surface area (Å²) in [6.45, 7) is 4.62. The predicted molar refractivity (Wildman–Crippen MR) is 43.4 cm³/mol. The first-order valence-electron chi connectivity index (χ1n) is 3.16. The Morgan fingerprint density at radius 1 is 1.75 bits per heavy atom. The highest BCUT2D eigenvalue weighted by Gasteiger charge is 2.11. The average molecular weight is 188 g/mol. The van der Waals surface area contributed by atoms with Crippen LogP contribution in [0.1, 0.15) is 11.5 Å². The molecule has 0 aliphatic rings. The van der Waals surface area contributed by atoms with Crippen LogP contribution in [0.3, 0.4) is 0 Å². The fraction of sp³-hybridized carbons (Fsp3) is 0.333. The average Bonchev–Trinajstić information content (AvgIpc) is 2.35. The summed E-state index contributed by atoms with van der Waals surface area (Å²) in [7, 11) is -3.47. The van der Waals surface area contributed by atoms with Gasteiger partial charge in [0.25, 0.3) is 10.0 Å². The van der Waals surface area contributed by atoms with E-state index in [1.165, 1.54) is 0 Å². The maximum Gasteiger partial charge on any atom is 0.258 e. The maximum absolute atomic E-state index is 10.9. The second kappa shape index (κ2) is 3.06. The van der Waals surface area contributed by atoms with Crippen LogP contribution in [0.5, 0.6) is 0 Å².